The maximum atomic E-state index is 9.38. The van der Waals surface area contributed by atoms with Crippen LogP contribution in [0.25, 0.3) is 0 Å². The van der Waals surface area contributed by atoms with Crippen LogP contribution < -0.4 is 5.32 Å². The molecule has 0 rings (SSSR count). The molecule has 0 bridgehead atoms. The SMILES string of the molecule is CCNC(C)(CO)CCCN(CC)CCOC. The number of nitrogens with one attached hydrogen (secondary N) is 1. The average Bonchev–Trinajstić information content (AvgIpc) is 2.34. The fourth-order valence-electron chi connectivity index (χ4n) is 1.99. The molecule has 1 atom stereocenters. The number of aliphatic hydroxyl groups is 1. The van der Waals surface area contributed by atoms with Gasteiger partial charge in [-0.2, -0.15) is 0 Å². The Bertz CT molecular complexity index is 179. The number of nitrogens with zero attached hydrogens (tertiary/aromatic N) is 1. The zero-order valence-corrected chi connectivity index (χ0v) is 12.0. The van der Waals surface area contributed by atoms with E-state index in [2.05, 4.69) is 31.0 Å². The van der Waals surface area contributed by atoms with E-state index in [1.54, 1.807) is 7.11 Å². The number of hydrogen-bond acceptors (Lipinski definition) is 4. The molecule has 1 unspecified atom stereocenters. The van der Waals surface area contributed by atoms with Crippen LogP contribution in [-0.2, 0) is 4.74 Å². The quantitative estimate of drug-likeness (QED) is 0.573. The van der Waals surface area contributed by atoms with E-state index in [0.29, 0.717) is 0 Å². The number of methoxy groups -OCH3 is 1. The largest absolute Gasteiger partial charge is 0.394 e. The second kappa shape index (κ2) is 9.83. The van der Waals surface area contributed by atoms with Gasteiger partial charge in [-0.1, -0.05) is 13.8 Å². The van der Waals surface area contributed by atoms with Gasteiger partial charge in [0, 0.05) is 19.2 Å². The fourth-order valence-corrected chi connectivity index (χ4v) is 1.99. The Labute approximate surface area is 106 Å². The van der Waals surface area contributed by atoms with Crippen LogP contribution in [0.2, 0.25) is 0 Å². The first-order valence-corrected chi connectivity index (χ1v) is 6.69. The Morgan fingerprint density at radius 2 is 2.00 bits per heavy atom. The molecule has 0 radical (unpaired) electrons. The van der Waals surface area contributed by atoms with Gasteiger partial charge in [0.1, 0.15) is 0 Å². The molecule has 0 amide bonds. The molecule has 4 nitrogen and oxygen atoms in total. The van der Waals surface area contributed by atoms with E-state index < -0.39 is 0 Å². The highest BCUT2D eigenvalue weighted by Gasteiger charge is 2.21. The van der Waals surface area contributed by atoms with E-state index in [1.807, 2.05) is 0 Å². The van der Waals surface area contributed by atoms with Crippen molar-refractivity contribution >= 4 is 0 Å². The number of hydrogen-bond donors (Lipinski definition) is 2. The van der Waals surface area contributed by atoms with Gasteiger partial charge in [0.15, 0.2) is 0 Å². The van der Waals surface area contributed by atoms with Crippen molar-refractivity contribution in [3.63, 3.8) is 0 Å². The van der Waals surface area contributed by atoms with E-state index in [-0.39, 0.29) is 12.1 Å². The Morgan fingerprint density at radius 3 is 2.47 bits per heavy atom. The zero-order chi connectivity index (χ0) is 13.1. The van der Waals surface area contributed by atoms with Crippen molar-refractivity contribution in [2.24, 2.45) is 0 Å². The van der Waals surface area contributed by atoms with Gasteiger partial charge in [-0.25, -0.2) is 0 Å². The maximum absolute atomic E-state index is 9.38. The molecule has 0 aromatic carbocycles. The number of rotatable bonds is 11. The van der Waals surface area contributed by atoms with Gasteiger partial charge in [0.2, 0.25) is 0 Å². The molecule has 0 aliphatic rings. The summed E-state index contributed by atoms with van der Waals surface area (Å²) in [5.41, 5.74) is -0.130. The van der Waals surface area contributed by atoms with Crippen molar-refractivity contribution in [1.82, 2.24) is 10.2 Å². The fraction of sp³-hybridized carbons (Fsp3) is 1.00. The third-order valence-corrected chi connectivity index (χ3v) is 3.21. The van der Waals surface area contributed by atoms with Crippen molar-refractivity contribution in [3.8, 4) is 0 Å². The van der Waals surface area contributed by atoms with Gasteiger partial charge in [0.05, 0.1) is 13.2 Å². The minimum Gasteiger partial charge on any atom is -0.394 e. The van der Waals surface area contributed by atoms with Gasteiger partial charge >= 0.3 is 0 Å². The van der Waals surface area contributed by atoms with Crippen molar-refractivity contribution in [2.75, 3.05) is 46.5 Å². The van der Waals surface area contributed by atoms with Gasteiger partial charge in [0.25, 0.3) is 0 Å². The Kier molecular flexibility index (Phi) is 9.74. The second-order valence-electron chi connectivity index (χ2n) is 4.78. The molecule has 0 saturated heterocycles. The normalized spacial score (nSPS) is 15.2. The molecule has 0 spiro atoms. The summed E-state index contributed by atoms with van der Waals surface area (Å²) in [6.45, 7) is 11.3. The average molecular weight is 246 g/mol. The third kappa shape index (κ3) is 7.71. The van der Waals surface area contributed by atoms with E-state index in [0.717, 1.165) is 45.6 Å². The molecule has 0 heterocycles. The molecule has 0 aliphatic carbocycles. The molecule has 0 aliphatic heterocycles. The smallest absolute Gasteiger partial charge is 0.0610 e. The van der Waals surface area contributed by atoms with E-state index in [9.17, 15) is 5.11 Å². The lowest BCUT2D eigenvalue weighted by Crippen LogP contribution is -2.46. The first-order chi connectivity index (χ1) is 8.11. The molecular weight excluding hydrogens is 216 g/mol. The van der Waals surface area contributed by atoms with E-state index in [1.165, 1.54) is 0 Å². The molecule has 2 N–H and O–H groups in total. The predicted molar refractivity (Wildman–Crippen MR) is 72.4 cm³/mol. The molecule has 17 heavy (non-hydrogen) atoms. The van der Waals surface area contributed by atoms with Gasteiger partial charge < -0.3 is 20.1 Å². The van der Waals surface area contributed by atoms with E-state index >= 15 is 0 Å². The van der Waals surface area contributed by atoms with Gasteiger partial charge in [-0.05, 0) is 39.4 Å². The molecular formula is C13H30N2O2. The van der Waals surface area contributed by atoms with Crippen LogP contribution in [0.15, 0.2) is 0 Å². The van der Waals surface area contributed by atoms with Crippen LogP contribution in [0.1, 0.15) is 33.6 Å². The molecule has 0 saturated carbocycles. The summed E-state index contributed by atoms with van der Waals surface area (Å²) in [6.07, 6.45) is 2.10. The Hall–Kier alpha value is -0.160. The molecule has 104 valence electrons. The van der Waals surface area contributed by atoms with Crippen LogP contribution in [0.4, 0.5) is 0 Å². The lowest BCUT2D eigenvalue weighted by atomic mass is 9.96. The minimum absolute atomic E-state index is 0.130. The summed E-state index contributed by atoms with van der Waals surface area (Å²) in [5, 5.41) is 12.7. The topological polar surface area (TPSA) is 44.7 Å². The number of likely N-dealkylation sites (N-methyl/N-ethyl adjacent to an activating group) is 2. The third-order valence-electron chi connectivity index (χ3n) is 3.21. The second-order valence-corrected chi connectivity index (χ2v) is 4.78. The standard InChI is InChI=1S/C13H30N2O2/c1-5-14-13(3,12-16)8-7-9-15(6-2)10-11-17-4/h14,16H,5-12H2,1-4H3. The lowest BCUT2D eigenvalue weighted by molar-refractivity contribution is 0.137. The molecule has 0 aromatic rings. The van der Waals surface area contributed by atoms with Crippen LogP contribution >= 0.6 is 0 Å². The molecule has 0 fully saturated rings. The van der Waals surface area contributed by atoms with Crippen LogP contribution in [0, 0.1) is 0 Å². The van der Waals surface area contributed by atoms with Crippen molar-refractivity contribution in [1.29, 1.82) is 0 Å². The van der Waals surface area contributed by atoms with Crippen LogP contribution in [0.5, 0.6) is 0 Å². The molecule has 0 aromatic heterocycles. The maximum Gasteiger partial charge on any atom is 0.0610 e. The number of ether oxygens (including phenoxy) is 1. The monoisotopic (exact) mass is 246 g/mol. The van der Waals surface area contributed by atoms with Crippen molar-refractivity contribution in [2.45, 2.75) is 39.2 Å². The highest BCUT2D eigenvalue weighted by Crippen LogP contribution is 2.11. The lowest BCUT2D eigenvalue weighted by Gasteiger charge is -2.29. The first kappa shape index (κ1) is 16.8. The highest BCUT2D eigenvalue weighted by atomic mass is 16.5. The predicted octanol–water partition coefficient (Wildman–Crippen LogP) is 1.10. The minimum atomic E-state index is -0.130. The van der Waals surface area contributed by atoms with Crippen LogP contribution in [0.3, 0.4) is 0 Å². The first-order valence-electron chi connectivity index (χ1n) is 6.69. The summed E-state index contributed by atoms with van der Waals surface area (Å²) in [5.74, 6) is 0. The Morgan fingerprint density at radius 1 is 1.29 bits per heavy atom. The van der Waals surface area contributed by atoms with Gasteiger partial charge in [-0.3, -0.25) is 0 Å². The Balaban J connectivity index is 3.84. The molecule has 4 heteroatoms. The van der Waals surface area contributed by atoms with Crippen molar-refractivity contribution in [3.05, 3.63) is 0 Å². The summed E-state index contributed by atoms with van der Waals surface area (Å²) in [4.78, 5) is 2.38. The van der Waals surface area contributed by atoms with Gasteiger partial charge in [-0.15, -0.1) is 0 Å². The summed E-state index contributed by atoms with van der Waals surface area (Å²) in [6, 6.07) is 0. The summed E-state index contributed by atoms with van der Waals surface area (Å²) >= 11 is 0. The highest BCUT2D eigenvalue weighted by molar-refractivity contribution is 4.81. The van der Waals surface area contributed by atoms with Crippen molar-refractivity contribution < 1.29 is 9.84 Å². The summed E-state index contributed by atoms with van der Waals surface area (Å²) < 4.78 is 5.09. The number of aliphatic hydroxyl groups excluding tert-OH is 1. The van der Waals surface area contributed by atoms with Crippen LogP contribution in [-0.4, -0.2) is 62.0 Å². The summed E-state index contributed by atoms with van der Waals surface area (Å²) in [7, 11) is 1.74. The van der Waals surface area contributed by atoms with E-state index in [4.69, 9.17) is 4.74 Å². The zero-order valence-electron chi connectivity index (χ0n) is 12.0.